The Balaban J connectivity index is 1.75. The number of carbonyl (C=O) groups is 1. The minimum atomic E-state index is -0.0555. The zero-order valence-electron chi connectivity index (χ0n) is 10.9. The first kappa shape index (κ1) is 12.8. The van der Waals surface area contributed by atoms with Gasteiger partial charge in [0.2, 0.25) is 0 Å². The fraction of sp³-hybridized carbons (Fsp3) is 0.923. The van der Waals surface area contributed by atoms with E-state index in [1.165, 1.54) is 32.4 Å². The van der Waals surface area contributed by atoms with E-state index in [0.29, 0.717) is 13.0 Å². The smallest absolute Gasteiger partial charge is 0.307 e. The van der Waals surface area contributed by atoms with Crippen LogP contribution in [0.4, 0.5) is 0 Å². The number of esters is 1. The fourth-order valence-electron chi connectivity index (χ4n) is 2.97. The minimum Gasteiger partial charge on any atom is -0.466 e. The summed E-state index contributed by atoms with van der Waals surface area (Å²) in [6.07, 6.45) is 4.45. The van der Waals surface area contributed by atoms with Crippen LogP contribution in [0.25, 0.3) is 0 Å². The lowest BCUT2D eigenvalue weighted by atomic mass is 10.2. The lowest BCUT2D eigenvalue weighted by Crippen LogP contribution is -2.37. The van der Waals surface area contributed by atoms with Crippen LogP contribution in [0.1, 0.15) is 32.6 Å². The van der Waals surface area contributed by atoms with Gasteiger partial charge in [0.15, 0.2) is 0 Å². The highest BCUT2D eigenvalue weighted by atomic mass is 16.5. The van der Waals surface area contributed by atoms with Crippen molar-refractivity contribution in [1.29, 1.82) is 0 Å². The summed E-state index contributed by atoms with van der Waals surface area (Å²) in [5.41, 5.74) is 0. The van der Waals surface area contributed by atoms with E-state index in [-0.39, 0.29) is 5.97 Å². The van der Waals surface area contributed by atoms with E-state index in [4.69, 9.17) is 4.74 Å². The first-order valence-corrected chi connectivity index (χ1v) is 6.91. The number of ether oxygens (including phenoxy) is 1. The Morgan fingerprint density at radius 3 is 2.94 bits per heavy atom. The molecule has 1 unspecified atom stereocenters. The van der Waals surface area contributed by atoms with Crippen molar-refractivity contribution in [3.63, 3.8) is 0 Å². The van der Waals surface area contributed by atoms with Crippen LogP contribution in [0.15, 0.2) is 0 Å². The average Bonchev–Trinajstić information content (AvgIpc) is 2.65. The van der Waals surface area contributed by atoms with Crippen molar-refractivity contribution in [2.45, 2.75) is 38.6 Å². The zero-order chi connectivity index (χ0) is 12.1. The SMILES string of the molecule is CCOC(=O)CCN1CCCN2CCCC2C1. The van der Waals surface area contributed by atoms with Crippen molar-refractivity contribution in [3.8, 4) is 0 Å². The molecule has 2 fully saturated rings. The van der Waals surface area contributed by atoms with Crippen molar-refractivity contribution >= 4 is 5.97 Å². The van der Waals surface area contributed by atoms with Crippen molar-refractivity contribution in [3.05, 3.63) is 0 Å². The van der Waals surface area contributed by atoms with Gasteiger partial charge in [-0.3, -0.25) is 9.69 Å². The molecule has 2 aliphatic rings. The number of carbonyl (C=O) groups excluding carboxylic acids is 1. The number of rotatable bonds is 4. The zero-order valence-corrected chi connectivity index (χ0v) is 10.9. The molecule has 0 bridgehead atoms. The molecule has 2 saturated heterocycles. The highest BCUT2D eigenvalue weighted by Gasteiger charge is 2.28. The Morgan fingerprint density at radius 2 is 2.12 bits per heavy atom. The molecule has 0 aromatic carbocycles. The molecule has 0 N–H and O–H groups in total. The van der Waals surface area contributed by atoms with Crippen LogP contribution < -0.4 is 0 Å². The van der Waals surface area contributed by atoms with E-state index >= 15 is 0 Å². The monoisotopic (exact) mass is 240 g/mol. The van der Waals surface area contributed by atoms with Crippen LogP contribution in [-0.2, 0) is 9.53 Å². The van der Waals surface area contributed by atoms with E-state index in [0.717, 1.165) is 25.7 Å². The van der Waals surface area contributed by atoms with Crippen molar-refractivity contribution in [2.75, 3.05) is 39.3 Å². The van der Waals surface area contributed by atoms with Crippen LogP contribution in [0.2, 0.25) is 0 Å². The van der Waals surface area contributed by atoms with E-state index in [2.05, 4.69) is 9.80 Å². The summed E-state index contributed by atoms with van der Waals surface area (Å²) in [6.45, 7) is 8.00. The van der Waals surface area contributed by atoms with Crippen molar-refractivity contribution in [2.24, 2.45) is 0 Å². The maximum Gasteiger partial charge on any atom is 0.307 e. The van der Waals surface area contributed by atoms with Gasteiger partial charge in [-0.25, -0.2) is 0 Å². The predicted octanol–water partition coefficient (Wildman–Crippen LogP) is 1.11. The van der Waals surface area contributed by atoms with Gasteiger partial charge in [-0.1, -0.05) is 0 Å². The highest BCUT2D eigenvalue weighted by molar-refractivity contribution is 5.69. The predicted molar refractivity (Wildman–Crippen MR) is 66.9 cm³/mol. The second-order valence-electron chi connectivity index (χ2n) is 5.04. The third kappa shape index (κ3) is 3.68. The quantitative estimate of drug-likeness (QED) is 0.689. The second kappa shape index (κ2) is 6.36. The summed E-state index contributed by atoms with van der Waals surface area (Å²) in [5, 5.41) is 0. The Morgan fingerprint density at radius 1 is 1.29 bits per heavy atom. The normalized spacial score (nSPS) is 26.5. The highest BCUT2D eigenvalue weighted by Crippen LogP contribution is 2.21. The van der Waals surface area contributed by atoms with Crippen molar-refractivity contribution < 1.29 is 9.53 Å². The Hall–Kier alpha value is -0.610. The van der Waals surface area contributed by atoms with E-state index < -0.39 is 0 Å². The molecule has 1 atom stereocenters. The Labute approximate surface area is 104 Å². The van der Waals surface area contributed by atoms with Crippen molar-refractivity contribution in [1.82, 2.24) is 9.80 Å². The van der Waals surface area contributed by atoms with Crippen LogP contribution in [0.5, 0.6) is 0 Å². The molecule has 0 aliphatic carbocycles. The molecule has 2 aliphatic heterocycles. The van der Waals surface area contributed by atoms with Gasteiger partial charge in [-0.15, -0.1) is 0 Å². The molecule has 0 amide bonds. The van der Waals surface area contributed by atoms with Crippen LogP contribution >= 0.6 is 0 Å². The van der Waals surface area contributed by atoms with Gasteiger partial charge in [0.05, 0.1) is 13.0 Å². The molecular weight excluding hydrogens is 216 g/mol. The van der Waals surface area contributed by atoms with Gasteiger partial charge in [0, 0.05) is 19.1 Å². The lowest BCUT2D eigenvalue weighted by Gasteiger charge is -2.25. The van der Waals surface area contributed by atoms with Gasteiger partial charge in [-0.05, 0) is 45.8 Å². The average molecular weight is 240 g/mol. The van der Waals surface area contributed by atoms with Crippen LogP contribution in [0.3, 0.4) is 0 Å². The summed E-state index contributed by atoms with van der Waals surface area (Å²) in [4.78, 5) is 16.4. The number of hydrogen-bond donors (Lipinski definition) is 0. The maximum absolute atomic E-state index is 11.3. The molecule has 2 rings (SSSR count). The minimum absolute atomic E-state index is 0.0555. The molecule has 2 heterocycles. The van der Waals surface area contributed by atoms with E-state index in [1.807, 2.05) is 6.92 Å². The summed E-state index contributed by atoms with van der Waals surface area (Å²) in [6, 6.07) is 0.736. The molecule has 98 valence electrons. The Bertz CT molecular complexity index is 258. The number of nitrogens with zero attached hydrogens (tertiary/aromatic N) is 2. The summed E-state index contributed by atoms with van der Waals surface area (Å²) in [7, 11) is 0. The largest absolute Gasteiger partial charge is 0.466 e. The molecule has 0 aromatic heterocycles. The molecular formula is C13H24N2O2. The van der Waals surface area contributed by atoms with E-state index in [1.54, 1.807) is 0 Å². The molecule has 0 radical (unpaired) electrons. The van der Waals surface area contributed by atoms with Gasteiger partial charge in [0.1, 0.15) is 0 Å². The second-order valence-corrected chi connectivity index (χ2v) is 5.04. The lowest BCUT2D eigenvalue weighted by molar-refractivity contribution is -0.143. The summed E-state index contributed by atoms with van der Waals surface area (Å²) < 4.78 is 4.97. The number of hydrogen-bond acceptors (Lipinski definition) is 4. The van der Waals surface area contributed by atoms with Gasteiger partial charge < -0.3 is 9.64 Å². The van der Waals surface area contributed by atoms with Crippen LogP contribution in [0, 0.1) is 0 Å². The molecule has 4 nitrogen and oxygen atoms in total. The first-order valence-electron chi connectivity index (χ1n) is 6.91. The number of fused-ring (bicyclic) bond motifs is 1. The molecule has 0 aromatic rings. The maximum atomic E-state index is 11.3. The van der Waals surface area contributed by atoms with Crippen LogP contribution in [-0.4, -0.2) is 61.1 Å². The summed E-state index contributed by atoms with van der Waals surface area (Å²) in [5.74, 6) is -0.0555. The molecule has 0 spiro atoms. The molecule has 4 heteroatoms. The van der Waals surface area contributed by atoms with Gasteiger partial charge >= 0.3 is 5.97 Å². The third-order valence-electron chi connectivity index (χ3n) is 3.83. The fourth-order valence-corrected chi connectivity index (χ4v) is 2.97. The molecule has 0 saturated carbocycles. The third-order valence-corrected chi connectivity index (χ3v) is 3.83. The molecule has 17 heavy (non-hydrogen) atoms. The first-order chi connectivity index (χ1) is 8.29. The van der Waals surface area contributed by atoms with E-state index in [9.17, 15) is 4.79 Å². The Kier molecular flexibility index (Phi) is 4.80. The van der Waals surface area contributed by atoms with Gasteiger partial charge in [0.25, 0.3) is 0 Å². The van der Waals surface area contributed by atoms with Gasteiger partial charge in [-0.2, -0.15) is 0 Å². The topological polar surface area (TPSA) is 32.8 Å². The standard InChI is InChI=1S/C13H24N2O2/c1-2-17-13(16)6-10-14-7-4-9-15-8-3-5-12(15)11-14/h12H,2-11H2,1H3. The summed E-state index contributed by atoms with van der Waals surface area (Å²) >= 11 is 0.